The fourth-order valence-corrected chi connectivity index (χ4v) is 3.48. The molecular formula is C19H18N4OS2. The van der Waals surface area contributed by atoms with Gasteiger partial charge in [-0.05, 0) is 61.0 Å². The molecule has 3 aromatic rings. The molecule has 0 aliphatic rings. The third kappa shape index (κ3) is 4.65. The van der Waals surface area contributed by atoms with Crippen molar-refractivity contribution in [1.29, 1.82) is 0 Å². The van der Waals surface area contributed by atoms with Gasteiger partial charge in [-0.3, -0.25) is 10.2 Å². The monoisotopic (exact) mass is 382 g/mol. The van der Waals surface area contributed by atoms with E-state index in [4.69, 9.17) is 0 Å². The van der Waals surface area contributed by atoms with Crippen molar-refractivity contribution in [1.82, 2.24) is 5.43 Å². The zero-order valence-corrected chi connectivity index (χ0v) is 16.0. The molecule has 0 spiro atoms. The molecule has 26 heavy (non-hydrogen) atoms. The highest BCUT2D eigenvalue weighted by molar-refractivity contribution is 7.12. The summed E-state index contributed by atoms with van der Waals surface area (Å²) in [4.78, 5) is 14.3. The first-order chi connectivity index (χ1) is 12.6. The average Bonchev–Trinajstić information content (AvgIpc) is 3.38. The van der Waals surface area contributed by atoms with Crippen LogP contribution in [0.5, 0.6) is 0 Å². The number of anilines is 1. The maximum atomic E-state index is 12.2. The Morgan fingerprint density at radius 3 is 1.96 bits per heavy atom. The van der Waals surface area contributed by atoms with Crippen LogP contribution in [0.25, 0.3) is 0 Å². The molecule has 3 rings (SSSR count). The van der Waals surface area contributed by atoms with Crippen LogP contribution in [0, 0.1) is 0 Å². The van der Waals surface area contributed by atoms with Crippen molar-refractivity contribution in [3.63, 3.8) is 0 Å². The Hall–Kier alpha value is -2.77. The van der Waals surface area contributed by atoms with Gasteiger partial charge in [-0.2, -0.15) is 10.2 Å². The van der Waals surface area contributed by atoms with Crippen LogP contribution in [0.1, 0.15) is 34.0 Å². The van der Waals surface area contributed by atoms with Gasteiger partial charge in [0.05, 0.1) is 17.1 Å². The van der Waals surface area contributed by atoms with Gasteiger partial charge in [0.1, 0.15) is 0 Å². The normalized spacial score (nSPS) is 12.1. The summed E-state index contributed by atoms with van der Waals surface area (Å²) in [6.07, 6.45) is 0. The van der Waals surface area contributed by atoms with Crippen molar-refractivity contribution in [2.75, 3.05) is 5.43 Å². The number of thiophene rings is 2. The summed E-state index contributed by atoms with van der Waals surface area (Å²) in [5, 5.41) is 12.5. The summed E-state index contributed by atoms with van der Waals surface area (Å²) >= 11 is 3.23. The van der Waals surface area contributed by atoms with Gasteiger partial charge in [0.2, 0.25) is 0 Å². The van der Waals surface area contributed by atoms with Crippen molar-refractivity contribution in [3.05, 3.63) is 74.6 Å². The van der Waals surface area contributed by atoms with Gasteiger partial charge in [0.15, 0.2) is 0 Å². The van der Waals surface area contributed by atoms with E-state index in [1.165, 1.54) is 0 Å². The van der Waals surface area contributed by atoms with E-state index in [1.54, 1.807) is 34.8 Å². The van der Waals surface area contributed by atoms with Gasteiger partial charge in [-0.15, -0.1) is 22.7 Å². The first kappa shape index (κ1) is 18.0. The molecule has 7 heteroatoms. The van der Waals surface area contributed by atoms with Crippen molar-refractivity contribution >= 4 is 45.7 Å². The maximum Gasteiger partial charge on any atom is 0.271 e. The van der Waals surface area contributed by atoms with Crippen LogP contribution in [0.3, 0.4) is 0 Å². The molecule has 132 valence electrons. The lowest BCUT2D eigenvalue weighted by Crippen LogP contribution is -2.19. The minimum absolute atomic E-state index is 0.245. The van der Waals surface area contributed by atoms with E-state index in [-0.39, 0.29) is 5.91 Å². The van der Waals surface area contributed by atoms with E-state index in [2.05, 4.69) is 21.1 Å². The molecule has 2 heterocycles. The second-order valence-corrected chi connectivity index (χ2v) is 7.37. The lowest BCUT2D eigenvalue weighted by atomic mass is 10.2. The van der Waals surface area contributed by atoms with E-state index in [1.807, 2.05) is 61.0 Å². The maximum absolute atomic E-state index is 12.2. The van der Waals surface area contributed by atoms with Crippen LogP contribution < -0.4 is 10.9 Å². The van der Waals surface area contributed by atoms with Crippen LogP contribution in [0.4, 0.5) is 5.69 Å². The zero-order valence-electron chi connectivity index (χ0n) is 14.4. The second-order valence-electron chi connectivity index (χ2n) is 5.48. The molecule has 0 aliphatic carbocycles. The van der Waals surface area contributed by atoms with Crippen molar-refractivity contribution < 1.29 is 4.79 Å². The van der Waals surface area contributed by atoms with Crippen molar-refractivity contribution in [3.8, 4) is 0 Å². The van der Waals surface area contributed by atoms with E-state index >= 15 is 0 Å². The third-order valence-corrected chi connectivity index (χ3v) is 5.54. The van der Waals surface area contributed by atoms with Gasteiger partial charge < -0.3 is 0 Å². The fourth-order valence-electron chi connectivity index (χ4n) is 2.12. The van der Waals surface area contributed by atoms with Gasteiger partial charge in [-0.1, -0.05) is 12.1 Å². The molecule has 0 bridgehead atoms. The second kappa shape index (κ2) is 8.55. The van der Waals surface area contributed by atoms with Gasteiger partial charge in [0.25, 0.3) is 5.91 Å². The molecule has 1 amide bonds. The molecule has 0 saturated heterocycles. The molecule has 2 aromatic heterocycles. The standard InChI is InChI=1S/C19H18N4OS2/c1-13(17-5-3-11-25-17)20-22-16-9-7-15(8-10-16)19(24)23-21-14(2)18-6-4-12-26-18/h3-12,22H,1-2H3,(H,23,24)/b20-13+,21-14+. The number of rotatable bonds is 6. The van der Waals surface area contributed by atoms with E-state index in [0.717, 1.165) is 26.9 Å². The predicted molar refractivity (Wildman–Crippen MR) is 111 cm³/mol. The highest BCUT2D eigenvalue weighted by Gasteiger charge is 2.05. The highest BCUT2D eigenvalue weighted by atomic mass is 32.1. The number of benzene rings is 1. The van der Waals surface area contributed by atoms with E-state index in [0.29, 0.717) is 5.56 Å². The summed E-state index contributed by atoms with van der Waals surface area (Å²) < 4.78 is 0. The first-order valence-corrected chi connectivity index (χ1v) is 9.72. The largest absolute Gasteiger partial charge is 0.278 e. The Morgan fingerprint density at radius 2 is 1.42 bits per heavy atom. The lowest BCUT2D eigenvalue weighted by molar-refractivity contribution is 0.0955. The predicted octanol–water partition coefficient (Wildman–Crippen LogP) is 4.80. The molecule has 1 aromatic carbocycles. The summed E-state index contributed by atoms with van der Waals surface area (Å²) in [6, 6.07) is 15.1. The number of hydrazone groups is 2. The Balaban J connectivity index is 1.59. The number of carbonyl (C=O) groups is 1. The molecule has 0 aliphatic heterocycles. The highest BCUT2D eigenvalue weighted by Crippen LogP contribution is 2.13. The summed E-state index contributed by atoms with van der Waals surface area (Å²) in [5.74, 6) is -0.245. The number of nitrogens with zero attached hydrogens (tertiary/aromatic N) is 2. The quantitative estimate of drug-likeness (QED) is 0.475. The number of hydrogen-bond acceptors (Lipinski definition) is 6. The molecule has 0 fully saturated rings. The summed E-state index contributed by atoms with van der Waals surface area (Å²) in [7, 11) is 0. The Morgan fingerprint density at radius 1 is 0.846 bits per heavy atom. The van der Waals surface area contributed by atoms with Gasteiger partial charge in [-0.25, -0.2) is 5.43 Å². The Bertz CT molecular complexity index is 911. The fraction of sp³-hybridized carbons (Fsp3) is 0.105. The first-order valence-electron chi connectivity index (χ1n) is 7.96. The van der Waals surface area contributed by atoms with Crippen molar-refractivity contribution in [2.24, 2.45) is 10.2 Å². The molecule has 0 radical (unpaired) electrons. The van der Waals surface area contributed by atoms with E-state index < -0.39 is 0 Å². The third-order valence-electron chi connectivity index (χ3n) is 3.58. The van der Waals surface area contributed by atoms with Gasteiger partial charge in [0, 0.05) is 15.3 Å². The minimum atomic E-state index is -0.245. The van der Waals surface area contributed by atoms with Crippen LogP contribution in [-0.4, -0.2) is 17.3 Å². The Labute approximate surface area is 160 Å². The molecule has 2 N–H and O–H groups in total. The molecule has 0 saturated carbocycles. The number of nitrogens with one attached hydrogen (secondary N) is 2. The number of hydrogen-bond donors (Lipinski definition) is 2. The average molecular weight is 383 g/mol. The molecule has 5 nitrogen and oxygen atoms in total. The lowest BCUT2D eigenvalue weighted by Gasteiger charge is -2.04. The van der Waals surface area contributed by atoms with Crippen molar-refractivity contribution in [2.45, 2.75) is 13.8 Å². The SMILES string of the molecule is C/C(=N\NC(=O)c1ccc(N/N=C(\C)c2cccs2)cc1)c1cccs1. The molecular weight excluding hydrogens is 364 g/mol. The summed E-state index contributed by atoms with van der Waals surface area (Å²) in [5.41, 5.74) is 8.64. The van der Waals surface area contributed by atoms with Crippen LogP contribution in [0.2, 0.25) is 0 Å². The number of amides is 1. The van der Waals surface area contributed by atoms with Crippen LogP contribution >= 0.6 is 22.7 Å². The van der Waals surface area contributed by atoms with Gasteiger partial charge >= 0.3 is 0 Å². The topological polar surface area (TPSA) is 65.8 Å². The Kier molecular flexibility index (Phi) is 5.93. The summed E-state index contributed by atoms with van der Waals surface area (Å²) in [6.45, 7) is 3.82. The molecule has 0 atom stereocenters. The molecule has 0 unspecified atom stereocenters. The zero-order chi connectivity index (χ0) is 18.4. The van der Waals surface area contributed by atoms with E-state index in [9.17, 15) is 4.79 Å². The van der Waals surface area contributed by atoms with Crippen LogP contribution in [0.15, 0.2) is 69.5 Å². The number of carbonyl (C=O) groups excluding carboxylic acids is 1. The smallest absolute Gasteiger partial charge is 0.271 e. The minimum Gasteiger partial charge on any atom is -0.278 e. The van der Waals surface area contributed by atoms with Crippen LogP contribution in [-0.2, 0) is 0 Å².